The average molecular weight is 239 g/mol. The topological polar surface area (TPSA) is 84.2 Å². The molecule has 0 saturated heterocycles. The second-order valence-electron chi connectivity index (χ2n) is 4.32. The molecule has 0 bridgehead atoms. The fraction of sp³-hybridized carbons (Fsp3) is 0.545. The Morgan fingerprint density at radius 1 is 1.53 bits per heavy atom. The zero-order valence-corrected chi connectivity index (χ0v) is 10.2. The molecule has 0 aromatic carbocycles. The fourth-order valence-corrected chi connectivity index (χ4v) is 1.43. The van der Waals surface area contributed by atoms with E-state index in [0.717, 1.165) is 0 Å². The maximum absolute atomic E-state index is 11.8. The van der Waals surface area contributed by atoms with Crippen molar-refractivity contribution in [3.63, 3.8) is 0 Å². The summed E-state index contributed by atoms with van der Waals surface area (Å²) < 4.78 is 1.52. The summed E-state index contributed by atoms with van der Waals surface area (Å²) in [5.41, 5.74) is 0.434. The number of aromatic nitrogens is 2. The van der Waals surface area contributed by atoms with Crippen molar-refractivity contribution in [2.24, 2.45) is 13.0 Å². The van der Waals surface area contributed by atoms with Crippen molar-refractivity contribution in [2.75, 3.05) is 0 Å². The Balaban J connectivity index is 2.67. The van der Waals surface area contributed by atoms with Crippen molar-refractivity contribution in [3.05, 3.63) is 18.0 Å². The van der Waals surface area contributed by atoms with Gasteiger partial charge < -0.3 is 10.4 Å². The highest BCUT2D eigenvalue weighted by Gasteiger charge is 2.20. The molecule has 0 saturated carbocycles. The predicted molar refractivity (Wildman–Crippen MR) is 61.6 cm³/mol. The minimum Gasteiger partial charge on any atom is -0.481 e. The highest BCUT2D eigenvalue weighted by atomic mass is 16.4. The Hall–Kier alpha value is -1.85. The van der Waals surface area contributed by atoms with E-state index in [-0.39, 0.29) is 24.3 Å². The van der Waals surface area contributed by atoms with Gasteiger partial charge in [0.2, 0.25) is 0 Å². The van der Waals surface area contributed by atoms with E-state index in [2.05, 4.69) is 10.4 Å². The van der Waals surface area contributed by atoms with E-state index in [4.69, 9.17) is 5.11 Å². The van der Waals surface area contributed by atoms with E-state index in [1.807, 2.05) is 13.8 Å². The van der Waals surface area contributed by atoms with Crippen LogP contribution in [-0.2, 0) is 11.8 Å². The molecule has 0 aliphatic rings. The van der Waals surface area contributed by atoms with Gasteiger partial charge >= 0.3 is 5.97 Å². The SMILES string of the molecule is CC(C)C(CC(=O)O)NC(=O)c1cnn(C)c1. The van der Waals surface area contributed by atoms with Crippen LogP contribution in [0, 0.1) is 5.92 Å². The van der Waals surface area contributed by atoms with Crippen molar-refractivity contribution < 1.29 is 14.7 Å². The number of carbonyl (C=O) groups excluding carboxylic acids is 1. The van der Waals surface area contributed by atoms with Crippen LogP contribution in [0.15, 0.2) is 12.4 Å². The smallest absolute Gasteiger partial charge is 0.305 e. The first-order chi connectivity index (χ1) is 7.90. The number of aryl methyl sites for hydroxylation is 1. The Morgan fingerprint density at radius 2 is 2.18 bits per heavy atom. The molecule has 17 heavy (non-hydrogen) atoms. The summed E-state index contributed by atoms with van der Waals surface area (Å²) in [5.74, 6) is -1.15. The molecule has 1 heterocycles. The van der Waals surface area contributed by atoms with Crippen molar-refractivity contribution in [2.45, 2.75) is 26.3 Å². The lowest BCUT2D eigenvalue weighted by Gasteiger charge is -2.20. The van der Waals surface area contributed by atoms with E-state index >= 15 is 0 Å². The number of carbonyl (C=O) groups is 2. The number of hydrogen-bond donors (Lipinski definition) is 2. The first-order valence-electron chi connectivity index (χ1n) is 5.41. The molecule has 1 aromatic rings. The van der Waals surface area contributed by atoms with Crippen LogP contribution >= 0.6 is 0 Å². The number of nitrogens with zero attached hydrogens (tertiary/aromatic N) is 2. The van der Waals surface area contributed by atoms with Crippen LogP contribution in [0.4, 0.5) is 0 Å². The average Bonchev–Trinajstić information content (AvgIpc) is 2.63. The molecule has 6 heteroatoms. The number of carboxylic acid groups (broad SMARTS) is 1. The van der Waals surface area contributed by atoms with Gasteiger partial charge in [-0.1, -0.05) is 13.8 Å². The maximum atomic E-state index is 11.8. The van der Waals surface area contributed by atoms with Gasteiger partial charge in [0.1, 0.15) is 0 Å². The number of rotatable bonds is 5. The zero-order chi connectivity index (χ0) is 13.0. The van der Waals surface area contributed by atoms with Crippen LogP contribution in [0.1, 0.15) is 30.6 Å². The fourth-order valence-electron chi connectivity index (χ4n) is 1.43. The lowest BCUT2D eigenvalue weighted by Crippen LogP contribution is -2.40. The third-order valence-electron chi connectivity index (χ3n) is 2.48. The summed E-state index contributed by atoms with van der Waals surface area (Å²) in [6, 6.07) is -0.375. The van der Waals surface area contributed by atoms with Crippen molar-refractivity contribution >= 4 is 11.9 Å². The van der Waals surface area contributed by atoms with Crippen LogP contribution in [0.25, 0.3) is 0 Å². The van der Waals surface area contributed by atoms with E-state index in [9.17, 15) is 9.59 Å². The first kappa shape index (κ1) is 13.2. The molecule has 2 N–H and O–H groups in total. The number of nitrogens with one attached hydrogen (secondary N) is 1. The Morgan fingerprint density at radius 3 is 2.59 bits per heavy atom. The van der Waals surface area contributed by atoms with Crippen molar-refractivity contribution in [1.29, 1.82) is 0 Å². The molecule has 1 aromatic heterocycles. The van der Waals surface area contributed by atoms with E-state index in [0.29, 0.717) is 5.56 Å². The van der Waals surface area contributed by atoms with Crippen LogP contribution in [0.3, 0.4) is 0 Å². The molecule has 0 aliphatic heterocycles. The summed E-state index contributed by atoms with van der Waals surface area (Å²) in [5, 5.41) is 15.3. The highest BCUT2D eigenvalue weighted by Crippen LogP contribution is 2.07. The first-order valence-corrected chi connectivity index (χ1v) is 5.41. The van der Waals surface area contributed by atoms with Gasteiger partial charge in [-0.25, -0.2) is 0 Å². The molecular weight excluding hydrogens is 222 g/mol. The Bertz CT molecular complexity index is 412. The minimum atomic E-state index is -0.921. The molecule has 1 atom stereocenters. The molecule has 94 valence electrons. The molecule has 0 fully saturated rings. The van der Waals surface area contributed by atoms with Gasteiger partial charge in [-0.3, -0.25) is 14.3 Å². The Kier molecular flexibility index (Phi) is 4.25. The lowest BCUT2D eigenvalue weighted by molar-refractivity contribution is -0.137. The van der Waals surface area contributed by atoms with Crippen molar-refractivity contribution in [3.8, 4) is 0 Å². The standard InChI is InChI=1S/C11H17N3O3/c1-7(2)9(4-10(15)16)13-11(17)8-5-12-14(3)6-8/h5-7,9H,4H2,1-3H3,(H,13,17)(H,15,16). The van der Waals surface area contributed by atoms with Crippen molar-refractivity contribution in [1.82, 2.24) is 15.1 Å². The molecule has 1 rings (SSSR count). The summed E-state index contributed by atoms with van der Waals surface area (Å²) in [6.45, 7) is 3.74. The summed E-state index contributed by atoms with van der Waals surface area (Å²) in [4.78, 5) is 22.5. The summed E-state index contributed by atoms with van der Waals surface area (Å²) in [6.07, 6.45) is 2.96. The number of aliphatic carboxylic acids is 1. The molecule has 6 nitrogen and oxygen atoms in total. The van der Waals surface area contributed by atoms with Gasteiger partial charge in [0.25, 0.3) is 5.91 Å². The maximum Gasteiger partial charge on any atom is 0.305 e. The Labute approximate surface area is 99.6 Å². The molecule has 0 radical (unpaired) electrons. The number of hydrogen-bond acceptors (Lipinski definition) is 3. The van der Waals surface area contributed by atoms with Crippen LogP contribution in [0.5, 0.6) is 0 Å². The quantitative estimate of drug-likeness (QED) is 0.790. The zero-order valence-electron chi connectivity index (χ0n) is 10.2. The van der Waals surface area contributed by atoms with Gasteiger partial charge in [0, 0.05) is 19.3 Å². The third kappa shape index (κ3) is 3.90. The van der Waals surface area contributed by atoms with Gasteiger partial charge in [0.15, 0.2) is 0 Å². The van der Waals surface area contributed by atoms with Gasteiger partial charge in [0.05, 0.1) is 18.2 Å². The van der Waals surface area contributed by atoms with Crippen LogP contribution in [0.2, 0.25) is 0 Å². The van der Waals surface area contributed by atoms with E-state index < -0.39 is 5.97 Å². The van der Waals surface area contributed by atoms with Crippen LogP contribution in [-0.4, -0.2) is 32.8 Å². The third-order valence-corrected chi connectivity index (χ3v) is 2.48. The van der Waals surface area contributed by atoms with E-state index in [1.54, 1.807) is 13.2 Å². The molecule has 1 unspecified atom stereocenters. The largest absolute Gasteiger partial charge is 0.481 e. The normalized spacial score (nSPS) is 12.5. The second-order valence-corrected chi connectivity index (χ2v) is 4.32. The minimum absolute atomic E-state index is 0.0618. The highest BCUT2D eigenvalue weighted by molar-refractivity contribution is 5.94. The second kappa shape index (κ2) is 5.47. The predicted octanol–water partition coefficient (Wildman–Crippen LogP) is 0.649. The molecule has 0 spiro atoms. The van der Waals surface area contributed by atoms with Gasteiger partial charge in [-0.05, 0) is 5.92 Å². The summed E-state index contributed by atoms with van der Waals surface area (Å²) in [7, 11) is 1.72. The van der Waals surface area contributed by atoms with Crippen LogP contribution < -0.4 is 5.32 Å². The number of carboxylic acids is 1. The lowest BCUT2D eigenvalue weighted by atomic mass is 10.0. The molecule has 1 amide bonds. The number of amides is 1. The molecule has 0 aliphatic carbocycles. The monoisotopic (exact) mass is 239 g/mol. The van der Waals surface area contributed by atoms with E-state index in [1.165, 1.54) is 10.9 Å². The summed E-state index contributed by atoms with van der Waals surface area (Å²) >= 11 is 0. The molecular formula is C11H17N3O3. The van der Waals surface area contributed by atoms with Gasteiger partial charge in [-0.15, -0.1) is 0 Å². The van der Waals surface area contributed by atoms with Gasteiger partial charge in [-0.2, -0.15) is 5.10 Å².